The van der Waals surface area contributed by atoms with E-state index in [0.717, 1.165) is 29.7 Å². The molecule has 1 N–H and O–H groups in total. The lowest BCUT2D eigenvalue weighted by molar-refractivity contribution is -0.131. The van der Waals surface area contributed by atoms with Crippen LogP contribution in [0.1, 0.15) is 35.6 Å². The van der Waals surface area contributed by atoms with Gasteiger partial charge in [-0.25, -0.2) is 0 Å². The van der Waals surface area contributed by atoms with E-state index < -0.39 is 0 Å². The van der Waals surface area contributed by atoms with Crippen molar-refractivity contribution in [2.45, 2.75) is 31.8 Å². The molecule has 0 aliphatic carbocycles. The van der Waals surface area contributed by atoms with Gasteiger partial charge in [-0.1, -0.05) is 36.4 Å². The predicted molar refractivity (Wildman–Crippen MR) is 131 cm³/mol. The number of benzene rings is 1. The first-order chi connectivity index (χ1) is 16.7. The average molecular weight is 458 g/mol. The molecule has 1 fully saturated rings. The fourth-order valence-corrected chi connectivity index (χ4v) is 4.39. The summed E-state index contributed by atoms with van der Waals surface area (Å²) in [5.41, 5.74) is 3.17. The summed E-state index contributed by atoms with van der Waals surface area (Å²) in [5.74, 6) is 0.0527. The number of aromatic nitrogens is 2. The van der Waals surface area contributed by atoms with Crippen molar-refractivity contribution in [1.29, 1.82) is 0 Å². The van der Waals surface area contributed by atoms with Crippen LogP contribution in [0.25, 0.3) is 0 Å². The second kappa shape index (κ2) is 12.0. The zero-order valence-corrected chi connectivity index (χ0v) is 19.3. The van der Waals surface area contributed by atoms with Crippen LogP contribution < -0.4 is 5.32 Å². The number of carbonyl (C=O) groups excluding carboxylic acids is 2. The number of amides is 2. The van der Waals surface area contributed by atoms with Crippen LogP contribution >= 0.6 is 0 Å². The quantitative estimate of drug-likeness (QED) is 0.637. The molecule has 2 amide bonds. The topological polar surface area (TPSA) is 78.4 Å². The zero-order chi connectivity index (χ0) is 23.6. The SMILES string of the molecule is O=C1CC(c2ccccc2)N(Cc2ccncc2)CCCN(C(=O)Cc2cccnc2)CCN1. The highest BCUT2D eigenvalue weighted by Crippen LogP contribution is 2.27. The van der Waals surface area contributed by atoms with Gasteiger partial charge in [0.05, 0.1) is 6.42 Å². The summed E-state index contributed by atoms with van der Waals surface area (Å²) >= 11 is 0. The molecule has 34 heavy (non-hydrogen) atoms. The number of carbonyl (C=O) groups is 2. The summed E-state index contributed by atoms with van der Waals surface area (Å²) in [5, 5.41) is 3.03. The summed E-state index contributed by atoms with van der Waals surface area (Å²) in [6, 6.07) is 17.9. The van der Waals surface area contributed by atoms with E-state index in [1.807, 2.05) is 47.4 Å². The molecule has 0 radical (unpaired) electrons. The summed E-state index contributed by atoms with van der Waals surface area (Å²) < 4.78 is 0. The molecule has 0 bridgehead atoms. The number of nitrogens with zero attached hydrogens (tertiary/aromatic N) is 4. The molecule has 7 nitrogen and oxygen atoms in total. The molecular weight excluding hydrogens is 426 g/mol. The third-order valence-electron chi connectivity index (χ3n) is 6.15. The normalized spacial score (nSPS) is 18.1. The van der Waals surface area contributed by atoms with Gasteiger partial charge in [0.1, 0.15) is 0 Å². The fraction of sp³-hybridized carbons (Fsp3) is 0.333. The molecule has 2 aromatic heterocycles. The smallest absolute Gasteiger partial charge is 0.227 e. The molecule has 176 valence electrons. The van der Waals surface area contributed by atoms with Gasteiger partial charge < -0.3 is 10.2 Å². The summed E-state index contributed by atoms with van der Waals surface area (Å²) in [6.07, 6.45) is 8.54. The molecule has 0 spiro atoms. The third kappa shape index (κ3) is 6.71. The molecule has 3 heterocycles. The van der Waals surface area contributed by atoms with Crippen LogP contribution in [0.15, 0.2) is 79.4 Å². The molecule has 1 aromatic carbocycles. The largest absolute Gasteiger partial charge is 0.354 e. The van der Waals surface area contributed by atoms with Crippen LogP contribution in [0.4, 0.5) is 0 Å². The molecule has 0 saturated carbocycles. The van der Waals surface area contributed by atoms with Crippen LogP contribution in [0.2, 0.25) is 0 Å². The van der Waals surface area contributed by atoms with Crippen molar-refractivity contribution in [3.8, 4) is 0 Å². The van der Waals surface area contributed by atoms with Crippen LogP contribution in [0.3, 0.4) is 0 Å². The summed E-state index contributed by atoms with van der Waals surface area (Å²) in [4.78, 5) is 38.4. The Kier molecular flexibility index (Phi) is 8.35. The Morgan fingerprint density at radius 3 is 2.50 bits per heavy atom. The highest BCUT2D eigenvalue weighted by Gasteiger charge is 2.25. The highest BCUT2D eigenvalue weighted by molar-refractivity contribution is 5.79. The Labute approximate surface area is 200 Å². The second-order valence-corrected chi connectivity index (χ2v) is 8.58. The van der Waals surface area contributed by atoms with Gasteiger partial charge in [-0.3, -0.25) is 24.5 Å². The number of hydrogen-bond donors (Lipinski definition) is 1. The number of nitrogens with one attached hydrogen (secondary N) is 1. The van der Waals surface area contributed by atoms with Gasteiger partial charge in [0.15, 0.2) is 0 Å². The summed E-state index contributed by atoms with van der Waals surface area (Å²) in [7, 11) is 0. The maximum absolute atomic E-state index is 13.0. The van der Waals surface area contributed by atoms with Crippen LogP contribution in [0, 0.1) is 0 Å². The van der Waals surface area contributed by atoms with E-state index in [0.29, 0.717) is 39.0 Å². The van der Waals surface area contributed by atoms with E-state index in [4.69, 9.17) is 0 Å². The Bertz CT molecular complexity index is 1050. The van der Waals surface area contributed by atoms with Crippen molar-refractivity contribution in [3.63, 3.8) is 0 Å². The Morgan fingerprint density at radius 2 is 1.74 bits per heavy atom. The third-order valence-corrected chi connectivity index (χ3v) is 6.15. The Balaban J connectivity index is 1.53. The van der Waals surface area contributed by atoms with E-state index in [1.54, 1.807) is 24.8 Å². The van der Waals surface area contributed by atoms with Gasteiger partial charge in [-0.15, -0.1) is 0 Å². The van der Waals surface area contributed by atoms with Gasteiger partial charge in [-0.2, -0.15) is 0 Å². The van der Waals surface area contributed by atoms with Crippen molar-refractivity contribution in [3.05, 3.63) is 96.1 Å². The van der Waals surface area contributed by atoms with Crippen LogP contribution in [-0.4, -0.2) is 57.8 Å². The monoisotopic (exact) mass is 457 g/mol. The lowest BCUT2D eigenvalue weighted by atomic mass is 10.00. The van der Waals surface area contributed by atoms with Gasteiger partial charge >= 0.3 is 0 Å². The molecule has 1 unspecified atom stereocenters. The Hall–Kier alpha value is -3.58. The standard InChI is InChI=1S/C27H31N5O2/c33-26-19-25(24-7-2-1-3-8-24)32(21-22-9-12-28-13-10-22)16-5-15-31(17-14-30-26)27(34)18-23-6-4-11-29-20-23/h1-4,6-13,20,25H,5,14-19,21H2,(H,30,33). The first-order valence-electron chi connectivity index (χ1n) is 11.8. The second-order valence-electron chi connectivity index (χ2n) is 8.58. The van der Waals surface area contributed by atoms with E-state index in [1.165, 1.54) is 0 Å². The van der Waals surface area contributed by atoms with Crippen molar-refractivity contribution in [2.24, 2.45) is 0 Å². The average Bonchev–Trinajstić information content (AvgIpc) is 2.90. The van der Waals surface area contributed by atoms with Gasteiger partial charge in [0.25, 0.3) is 0 Å². The first kappa shape index (κ1) is 23.6. The minimum atomic E-state index is -0.0491. The lowest BCUT2D eigenvalue weighted by Gasteiger charge is -2.32. The molecule has 7 heteroatoms. The zero-order valence-electron chi connectivity index (χ0n) is 19.3. The van der Waals surface area contributed by atoms with Crippen molar-refractivity contribution >= 4 is 11.8 Å². The van der Waals surface area contributed by atoms with Gasteiger partial charge in [0.2, 0.25) is 11.8 Å². The molecular formula is C27H31N5O2. The maximum atomic E-state index is 13.0. The maximum Gasteiger partial charge on any atom is 0.227 e. The Morgan fingerprint density at radius 1 is 0.912 bits per heavy atom. The molecule has 1 aliphatic rings. The fourth-order valence-electron chi connectivity index (χ4n) is 4.39. The molecule has 1 aliphatic heterocycles. The van der Waals surface area contributed by atoms with E-state index in [9.17, 15) is 9.59 Å². The number of rotatable bonds is 5. The minimum absolute atomic E-state index is 0.00450. The number of hydrogen-bond acceptors (Lipinski definition) is 5. The van der Waals surface area contributed by atoms with E-state index in [-0.39, 0.29) is 17.9 Å². The molecule has 1 saturated heterocycles. The van der Waals surface area contributed by atoms with Crippen molar-refractivity contribution in [1.82, 2.24) is 25.1 Å². The van der Waals surface area contributed by atoms with Gasteiger partial charge in [-0.05, 0) is 41.3 Å². The van der Waals surface area contributed by atoms with E-state index >= 15 is 0 Å². The number of pyridine rings is 2. The minimum Gasteiger partial charge on any atom is -0.354 e. The summed E-state index contributed by atoms with van der Waals surface area (Å²) in [6.45, 7) is 3.07. The lowest BCUT2D eigenvalue weighted by Crippen LogP contribution is -2.39. The molecule has 1 atom stereocenters. The predicted octanol–water partition coefficient (Wildman–Crippen LogP) is 3.00. The van der Waals surface area contributed by atoms with Crippen molar-refractivity contribution < 1.29 is 9.59 Å². The molecule has 3 aromatic rings. The van der Waals surface area contributed by atoms with Crippen molar-refractivity contribution in [2.75, 3.05) is 26.2 Å². The first-order valence-corrected chi connectivity index (χ1v) is 11.8. The highest BCUT2D eigenvalue weighted by atomic mass is 16.2. The van der Waals surface area contributed by atoms with Crippen LogP contribution in [0.5, 0.6) is 0 Å². The van der Waals surface area contributed by atoms with E-state index in [2.05, 4.69) is 32.3 Å². The van der Waals surface area contributed by atoms with Gasteiger partial charge in [0, 0.05) is 70.0 Å². The van der Waals surface area contributed by atoms with Crippen LogP contribution in [-0.2, 0) is 22.6 Å². The molecule has 4 rings (SSSR count).